The Hall–Kier alpha value is -4.08. The van der Waals surface area contributed by atoms with Crippen LogP contribution in [0.15, 0.2) is 64.1 Å². The third-order valence-electron chi connectivity index (χ3n) is 5.43. The molecule has 0 aliphatic rings. The topological polar surface area (TPSA) is 164 Å². The van der Waals surface area contributed by atoms with Crippen molar-refractivity contribution in [3.63, 3.8) is 0 Å². The minimum absolute atomic E-state index is 0.0549. The van der Waals surface area contributed by atoms with Gasteiger partial charge >= 0.3 is 0 Å². The number of rotatable bonds is 12. The van der Waals surface area contributed by atoms with Crippen molar-refractivity contribution in [3.05, 3.63) is 65.8 Å². The van der Waals surface area contributed by atoms with Crippen molar-refractivity contribution in [1.29, 1.82) is 0 Å². The summed E-state index contributed by atoms with van der Waals surface area (Å²) in [6.45, 7) is 3.60. The molecule has 202 valence electrons. The number of benzene rings is 2. The van der Waals surface area contributed by atoms with Crippen molar-refractivity contribution in [2.24, 2.45) is 0 Å². The van der Waals surface area contributed by atoms with Gasteiger partial charge in [0.15, 0.2) is 16.3 Å². The average molecular weight is 564 g/mol. The highest BCUT2D eigenvalue weighted by atomic mass is 32.2. The van der Waals surface area contributed by atoms with Gasteiger partial charge in [-0.25, -0.2) is 21.6 Å². The lowest BCUT2D eigenvalue weighted by Gasteiger charge is -2.14. The number of anilines is 1. The van der Waals surface area contributed by atoms with E-state index >= 15 is 0 Å². The van der Waals surface area contributed by atoms with Gasteiger partial charge < -0.3 is 18.7 Å². The number of nitrogens with one attached hydrogen (secondary N) is 2. The molecular formula is C23H25N5O8S2. The molecule has 0 bridgehead atoms. The Bertz CT molecular complexity index is 1670. The van der Waals surface area contributed by atoms with Crippen LogP contribution in [-0.4, -0.2) is 53.1 Å². The molecule has 0 unspecified atom stereocenters. The smallest absolute Gasteiger partial charge is 0.270 e. The van der Waals surface area contributed by atoms with Crippen LogP contribution in [0.3, 0.4) is 0 Å². The standard InChI is InChI=1S/C23H25N5O8S2/c1-5-37(29,30)25-12-16-11-24-28(14-16)13-15-9-19(35-4)21-20(10-15)36-26-23(21)27-38(31,32)22-17(33-2)7-6-8-18(22)34-3/h5-11,14,25H,1,12-13H2,2-4H3,(H,26,27). The first-order chi connectivity index (χ1) is 18.1. The van der Waals surface area contributed by atoms with Crippen LogP contribution in [0.5, 0.6) is 17.2 Å². The summed E-state index contributed by atoms with van der Waals surface area (Å²) >= 11 is 0. The summed E-state index contributed by atoms with van der Waals surface area (Å²) in [7, 11) is -3.62. The lowest BCUT2D eigenvalue weighted by molar-refractivity contribution is 0.373. The number of hydrogen-bond donors (Lipinski definition) is 2. The maximum absolute atomic E-state index is 13.3. The van der Waals surface area contributed by atoms with Crippen molar-refractivity contribution in [3.8, 4) is 17.2 Å². The molecule has 38 heavy (non-hydrogen) atoms. The lowest BCUT2D eigenvalue weighted by Crippen LogP contribution is -2.19. The third-order valence-corrected chi connectivity index (χ3v) is 7.82. The molecule has 0 saturated carbocycles. The number of sulfonamides is 2. The zero-order valence-corrected chi connectivity index (χ0v) is 22.3. The van der Waals surface area contributed by atoms with Crippen LogP contribution in [0.1, 0.15) is 11.1 Å². The molecule has 4 rings (SSSR count). The third kappa shape index (κ3) is 5.58. The molecular weight excluding hydrogens is 538 g/mol. The lowest BCUT2D eigenvalue weighted by atomic mass is 10.1. The quantitative estimate of drug-likeness (QED) is 0.262. The number of aromatic nitrogens is 3. The molecule has 0 radical (unpaired) electrons. The van der Waals surface area contributed by atoms with E-state index in [0.29, 0.717) is 28.8 Å². The fourth-order valence-electron chi connectivity index (χ4n) is 3.69. The molecule has 0 amide bonds. The molecule has 0 atom stereocenters. The molecule has 13 nitrogen and oxygen atoms in total. The summed E-state index contributed by atoms with van der Waals surface area (Å²) in [5, 5.41) is 9.30. The van der Waals surface area contributed by atoms with E-state index in [9.17, 15) is 16.8 Å². The minimum atomic E-state index is -4.21. The van der Waals surface area contributed by atoms with E-state index in [1.54, 1.807) is 29.1 Å². The van der Waals surface area contributed by atoms with Crippen LogP contribution >= 0.6 is 0 Å². The number of nitrogens with zero attached hydrogens (tertiary/aromatic N) is 3. The molecule has 0 aliphatic heterocycles. The van der Waals surface area contributed by atoms with E-state index in [1.165, 1.54) is 39.7 Å². The van der Waals surface area contributed by atoms with E-state index in [1.807, 2.05) is 0 Å². The SMILES string of the molecule is C=CS(=O)(=O)NCc1cnn(Cc2cc(OC)c3c(NS(=O)(=O)c4c(OC)cccc4OC)noc3c2)c1. The molecule has 2 aromatic carbocycles. The number of hydrogen-bond acceptors (Lipinski definition) is 10. The van der Waals surface area contributed by atoms with E-state index in [2.05, 4.69) is 26.3 Å². The summed E-state index contributed by atoms with van der Waals surface area (Å²) in [4.78, 5) is -0.193. The van der Waals surface area contributed by atoms with Gasteiger partial charge in [-0.2, -0.15) is 5.10 Å². The molecule has 15 heteroatoms. The van der Waals surface area contributed by atoms with Gasteiger partial charge in [-0.05, 0) is 29.8 Å². The van der Waals surface area contributed by atoms with Crippen molar-refractivity contribution in [2.45, 2.75) is 18.0 Å². The fourth-order valence-corrected chi connectivity index (χ4v) is 5.50. The highest BCUT2D eigenvalue weighted by molar-refractivity contribution is 7.93. The van der Waals surface area contributed by atoms with Crippen molar-refractivity contribution >= 4 is 36.8 Å². The number of methoxy groups -OCH3 is 3. The Morgan fingerprint density at radius 1 is 1.03 bits per heavy atom. The maximum Gasteiger partial charge on any atom is 0.270 e. The summed E-state index contributed by atoms with van der Waals surface area (Å²) in [6, 6.07) is 7.98. The van der Waals surface area contributed by atoms with Gasteiger partial charge in [0.25, 0.3) is 10.0 Å². The molecule has 4 aromatic rings. The Morgan fingerprint density at radius 2 is 1.71 bits per heavy atom. The van der Waals surface area contributed by atoms with Gasteiger partial charge in [0.05, 0.1) is 34.1 Å². The van der Waals surface area contributed by atoms with Crippen LogP contribution in [0, 0.1) is 0 Å². The van der Waals surface area contributed by atoms with Crippen molar-refractivity contribution in [2.75, 3.05) is 26.1 Å². The molecule has 0 aliphatic carbocycles. The van der Waals surface area contributed by atoms with Gasteiger partial charge in [-0.15, -0.1) is 0 Å². The Balaban J connectivity index is 1.62. The first kappa shape index (κ1) is 27.0. The van der Waals surface area contributed by atoms with Crippen LogP contribution in [0.4, 0.5) is 5.82 Å². The molecule has 2 heterocycles. The summed E-state index contributed by atoms with van der Waals surface area (Å²) < 4.78 is 77.5. The van der Waals surface area contributed by atoms with Crippen LogP contribution < -0.4 is 23.7 Å². The monoisotopic (exact) mass is 563 g/mol. The molecule has 0 fully saturated rings. The predicted octanol–water partition coefficient (Wildman–Crippen LogP) is 2.46. The van der Waals surface area contributed by atoms with Crippen LogP contribution in [0.25, 0.3) is 11.0 Å². The number of fused-ring (bicyclic) bond motifs is 1. The summed E-state index contributed by atoms with van der Waals surface area (Å²) in [5.41, 5.74) is 1.63. The van der Waals surface area contributed by atoms with E-state index in [-0.39, 0.29) is 34.3 Å². The van der Waals surface area contributed by atoms with E-state index < -0.39 is 20.0 Å². The second kappa shape index (κ2) is 10.7. The van der Waals surface area contributed by atoms with Crippen LogP contribution in [-0.2, 0) is 33.1 Å². The Kier molecular flexibility index (Phi) is 7.61. The highest BCUT2D eigenvalue weighted by Crippen LogP contribution is 2.38. The van der Waals surface area contributed by atoms with Gasteiger partial charge in [-0.1, -0.05) is 17.8 Å². The number of ether oxygens (including phenoxy) is 3. The average Bonchev–Trinajstić information content (AvgIpc) is 3.53. The molecule has 0 saturated heterocycles. The van der Waals surface area contributed by atoms with Gasteiger partial charge in [-0.3, -0.25) is 9.40 Å². The zero-order chi connectivity index (χ0) is 27.5. The maximum atomic E-state index is 13.3. The Morgan fingerprint density at radius 3 is 2.34 bits per heavy atom. The van der Waals surface area contributed by atoms with E-state index in [4.69, 9.17) is 18.7 Å². The summed E-state index contributed by atoms with van der Waals surface area (Å²) in [6.07, 6.45) is 3.22. The molecule has 2 aromatic heterocycles. The van der Waals surface area contributed by atoms with E-state index in [0.717, 1.165) is 5.41 Å². The van der Waals surface area contributed by atoms with Crippen LogP contribution in [0.2, 0.25) is 0 Å². The Labute approximate surface area is 219 Å². The second-order valence-corrected chi connectivity index (χ2v) is 11.2. The van der Waals surface area contributed by atoms with Crippen molar-refractivity contribution < 1.29 is 35.6 Å². The molecule has 2 N–H and O–H groups in total. The first-order valence-electron chi connectivity index (χ1n) is 10.9. The normalized spacial score (nSPS) is 11.9. The second-order valence-electron chi connectivity index (χ2n) is 7.88. The summed E-state index contributed by atoms with van der Waals surface area (Å²) in [5.74, 6) is 0.423. The minimum Gasteiger partial charge on any atom is -0.496 e. The zero-order valence-electron chi connectivity index (χ0n) is 20.7. The van der Waals surface area contributed by atoms with Gasteiger partial charge in [0, 0.05) is 23.7 Å². The first-order valence-corrected chi connectivity index (χ1v) is 14.0. The van der Waals surface area contributed by atoms with Gasteiger partial charge in [0.1, 0.15) is 22.6 Å². The predicted molar refractivity (Wildman–Crippen MR) is 138 cm³/mol. The highest BCUT2D eigenvalue weighted by Gasteiger charge is 2.28. The largest absolute Gasteiger partial charge is 0.496 e. The van der Waals surface area contributed by atoms with Gasteiger partial charge in [0.2, 0.25) is 10.0 Å². The fraction of sp³-hybridized carbons (Fsp3) is 0.217. The molecule has 0 spiro atoms. The van der Waals surface area contributed by atoms with Crippen molar-refractivity contribution in [1.82, 2.24) is 19.7 Å².